The van der Waals surface area contributed by atoms with Gasteiger partial charge in [-0.2, -0.15) is 0 Å². The first kappa shape index (κ1) is 21.7. The first-order chi connectivity index (χ1) is 14.0. The van der Waals surface area contributed by atoms with Gasteiger partial charge in [-0.25, -0.2) is 22.3 Å². The molecule has 3 aromatic rings. The summed E-state index contributed by atoms with van der Waals surface area (Å²) in [6.45, 7) is 0. The first-order valence-corrected chi connectivity index (χ1v) is 10.6. The number of halogens is 2. The van der Waals surface area contributed by atoms with Crippen LogP contribution >= 0.6 is 0 Å². The molecule has 0 saturated heterocycles. The molecule has 0 radical (unpaired) electrons. The normalized spacial score (nSPS) is 11.4. The van der Waals surface area contributed by atoms with E-state index in [2.05, 4.69) is 0 Å². The van der Waals surface area contributed by atoms with Gasteiger partial charge in [0, 0.05) is 28.2 Å². The third kappa shape index (κ3) is 4.29. The number of anilines is 2. The Kier molecular flexibility index (Phi) is 5.83. The van der Waals surface area contributed by atoms with E-state index in [1.165, 1.54) is 24.3 Å². The van der Waals surface area contributed by atoms with Crippen molar-refractivity contribution in [2.75, 3.05) is 38.0 Å². The first-order valence-electron chi connectivity index (χ1n) is 9.10. The SMILES string of the molecule is CN(C)c1ccc(-c2cc(F)c(F)cc2-c2ccc(S(N)(=O)=O)cc2)cc1N(C)C. The van der Waals surface area contributed by atoms with Crippen molar-refractivity contribution in [3.05, 3.63) is 66.2 Å². The van der Waals surface area contributed by atoms with Gasteiger partial charge in [-0.3, -0.25) is 0 Å². The Hall–Kier alpha value is -2.97. The zero-order chi connectivity index (χ0) is 22.2. The van der Waals surface area contributed by atoms with Crippen molar-refractivity contribution in [2.45, 2.75) is 4.90 Å². The Morgan fingerprint density at radius 3 is 1.63 bits per heavy atom. The molecule has 0 aliphatic carbocycles. The van der Waals surface area contributed by atoms with E-state index in [1.807, 2.05) is 56.2 Å². The quantitative estimate of drug-likeness (QED) is 0.661. The highest BCUT2D eigenvalue weighted by molar-refractivity contribution is 7.89. The van der Waals surface area contributed by atoms with Crippen LogP contribution in [0.4, 0.5) is 20.2 Å². The van der Waals surface area contributed by atoms with E-state index < -0.39 is 21.7 Å². The van der Waals surface area contributed by atoms with Crippen LogP contribution in [-0.2, 0) is 10.0 Å². The lowest BCUT2D eigenvalue weighted by molar-refractivity contribution is 0.509. The minimum Gasteiger partial charge on any atom is -0.376 e. The molecule has 0 aliphatic rings. The molecule has 0 spiro atoms. The number of hydrogen-bond donors (Lipinski definition) is 1. The van der Waals surface area contributed by atoms with Crippen LogP contribution in [0.25, 0.3) is 22.3 Å². The Morgan fingerprint density at radius 1 is 0.700 bits per heavy atom. The molecule has 8 heteroatoms. The zero-order valence-electron chi connectivity index (χ0n) is 17.1. The molecule has 0 saturated carbocycles. The summed E-state index contributed by atoms with van der Waals surface area (Å²) in [5, 5.41) is 5.15. The number of nitrogens with zero attached hydrogens (tertiary/aromatic N) is 2. The zero-order valence-corrected chi connectivity index (χ0v) is 18.0. The van der Waals surface area contributed by atoms with Crippen LogP contribution in [0.5, 0.6) is 0 Å². The van der Waals surface area contributed by atoms with E-state index in [0.29, 0.717) is 22.3 Å². The highest BCUT2D eigenvalue weighted by Crippen LogP contribution is 2.38. The molecule has 2 N–H and O–H groups in total. The van der Waals surface area contributed by atoms with Crippen molar-refractivity contribution in [3.63, 3.8) is 0 Å². The molecule has 158 valence electrons. The number of benzene rings is 3. The lowest BCUT2D eigenvalue weighted by Crippen LogP contribution is -2.16. The summed E-state index contributed by atoms with van der Waals surface area (Å²) in [4.78, 5) is 3.86. The summed E-state index contributed by atoms with van der Waals surface area (Å²) in [7, 11) is 3.82. The van der Waals surface area contributed by atoms with Crippen LogP contribution < -0.4 is 14.9 Å². The molecule has 5 nitrogen and oxygen atoms in total. The Labute approximate surface area is 175 Å². The summed E-state index contributed by atoms with van der Waals surface area (Å²) < 4.78 is 51.3. The molecule has 0 aliphatic heterocycles. The Balaban J connectivity index is 2.22. The monoisotopic (exact) mass is 431 g/mol. The van der Waals surface area contributed by atoms with Crippen molar-refractivity contribution in [1.29, 1.82) is 0 Å². The number of rotatable bonds is 5. The molecule has 0 heterocycles. The molecule has 0 amide bonds. The highest BCUT2D eigenvalue weighted by Gasteiger charge is 2.17. The minimum atomic E-state index is -3.85. The van der Waals surface area contributed by atoms with Gasteiger partial charge in [0.15, 0.2) is 11.6 Å². The fourth-order valence-corrected chi connectivity index (χ4v) is 3.79. The highest BCUT2D eigenvalue weighted by atomic mass is 32.2. The fraction of sp³-hybridized carbons (Fsp3) is 0.182. The maximum atomic E-state index is 14.2. The van der Waals surface area contributed by atoms with Gasteiger partial charge in [-0.15, -0.1) is 0 Å². The van der Waals surface area contributed by atoms with E-state index in [1.54, 1.807) is 0 Å². The van der Waals surface area contributed by atoms with Gasteiger partial charge in [0.05, 0.1) is 16.3 Å². The lowest BCUT2D eigenvalue weighted by Gasteiger charge is -2.24. The molecule has 0 aromatic heterocycles. The van der Waals surface area contributed by atoms with Gasteiger partial charge in [-0.05, 0) is 58.7 Å². The van der Waals surface area contributed by atoms with Gasteiger partial charge in [0.25, 0.3) is 0 Å². The predicted molar refractivity (Wildman–Crippen MR) is 117 cm³/mol. The second kappa shape index (κ2) is 8.04. The topological polar surface area (TPSA) is 66.6 Å². The Bertz CT molecular complexity index is 1190. The summed E-state index contributed by atoms with van der Waals surface area (Å²) >= 11 is 0. The van der Waals surface area contributed by atoms with Crippen molar-refractivity contribution >= 4 is 21.4 Å². The number of nitrogens with two attached hydrogens (primary N) is 1. The third-order valence-electron chi connectivity index (χ3n) is 4.80. The lowest BCUT2D eigenvalue weighted by atomic mass is 9.93. The van der Waals surface area contributed by atoms with Crippen molar-refractivity contribution in [3.8, 4) is 22.3 Å². The van der Waals surface area contributed by atoms with E-state index in [0.717, 1.165) is 23.5 Å². The molecule has 3 rings (SSSR count). The van der Waals surface area contributed by atoms with E-state index in [9.17, 15) is 17.2 Å². The molecule has 30 heavy (non-hydrogen) atoms. The van der Waals surface area contributed by atoms with E-state index in [-0.39, 0.29) is 4.90 Å². The maximum Gasteiger partial charge on any atom is 0.238 e. The van der Waals surface area contributed by atoms with Gasteiger partial charge >= 0.3 is 0 Å². The third-order valence-corrected chi connectivity index (χ3v) is 5.73. The van der Waals surface area contributed by atoms with Gasteiger partial charge in [0.2, 0.25) is 10.0 Å². The second-order valence-corrected chi connectivity index (χ2v) is 8.94. The molecule has 0 unspecified atom stereocenters. The number of sulfonamides is 1. The minimum absolute atomic E-state index is 0.0550. The van der Waals surface area contributed by atoms with Crippen molar-refractivity contribution in [1.82, 2.24) is 0 Å². The van der Waals surface area contributed by atoms with Crippen LogP contribution in [0.2, 0.25) is 0 Å². The average molecular weight is 432 g/mol. The number of primary sulfonamides is 1. The molecule has 3 aromatic carbocycles. The summed E-state index contributed by atoms with van der Waals surface area (Å²) in [5.41, 5.74) is 4.07. The van der Waals surface area contributed by atoms with Gasteiger partial charge < -0.3 is 9.80 Å². The van der Waals surface area contributed by atoms with Crippen LogP contribution in [0.1, 0.15) is 0 Å². The van der Waals surface area contributed by atoms with Crippen LogP contribution in [-0.4, -0.2) is 36.6 Å². The average Bonchev–Trinajstić information content (AvgIpc) is 2.68. The van der Waals surface area contributed by atoms with Crippen LogP contribution in [0.15, 0.2) is 59.5 Å². The summed E-state index contributed by atoms with van der Waals surface area (Å²) in [6, 6.07) is 13.7. The largest absolute Gasteiger partial charge is 0.376 e. The van der Waals surface area contributed by atoms with Gasteiger partial charge in [-0.1, -0.05) is 18.2 Å². The van der Waals surface area contributed by atoms with E-state index >= 15 is 0 Å². The van der Waals surface area contributed by atoms with Gasteiger partial charge in [0.1, 0.15) is 0 Å². The van der Waals surface area contributed by atoms with Crippen molar-refractivity contribution in [2.24, 2.45) is 5.14 Å². The van der Waals surface area contributed by atoms with E-state index in [4.69, 9.17) is 5.14 Å². The predicted octanol–water partition coefficient (Wildman–Crippen LogP) is 4.08. The Morgan fingerprint density at radius 2 is 1.17 bits per heavy atom. The molecular weight excluding hydrogens is 408 g/mol. The second-order valence-electron chi connectivity index (χ2n) is 7.37. The molecule has 0 atom stereocenters. The maximum absolute atomic E-state index is 14.2. The smallest absolute Gasteiger partial charge is 0.238 e. The molecular formula is C22H23F2N3O2S. The summed E-state index contributed by atoms with van der Waals surface area (Å²) in [5.74, 6) is -1.94. The molecule has 0 bridgehead atoms. The number of hydrogen-bond acceptors (Lipinski definition) is 4. The van der Waals surface area contributed by atoms with Crippen LogP contribution in [0.3, 0.4) is 0 Å². The van der Waals surface area contributed by atoms with Crippen molar-refractivity contribution < 1.29 is 17.2 Å². The van der Waals surface area contributed by atoms with Crippen LogP contribution in [0, 0.1) is 11.6 Å². The molecule has 0 fully saturated rings. The standard InChI is InChI=1S/C22H23F2N3O2S/c1-26(2)21-10-7-15(11-22(21)27(3)4)18-13-20(24)19(23)12-17(18)14-5-8-16(9-6-14)30(25,28)29/h5-13H,1-4H3,(H2,25,28,29). The summed E-state index contributed by atoms with van der Waals surface area (Å²) in [6.07, 6.45) is 0. The fourth-order valence-electron chi connectivity index (χ4n) is 3.28.